The number of carboxylic acid groups (broad SMARTS) is 1. The van der Waals surface area contributed by atoms with Crippen LogP contribution in [-0.4, -0.2) is 49.2 Å². The molecule has 0 saturated carbocycles. The molecule has 0 spiro atoms. The molecule has 2 rings (SSSR count). The third-order valence-corrected chi connectivity index (χ3v) is 4.49. The van der Waals surface area contributed by atoms with E-state index in [-0.39, 0.29) is 12.0 Å². The number of carboxylic acids is 1. The molecule has 0 aromatic heterocycles. The lowest BCUT2D eigenvalue weighted by Crippen LogP contribution is -2.33. The Labute approximate surface area is 138 Å². The fraction of sp³-hybridized carbons (Fsp3) is 0.467. The van der Waals surface area contributed by atoms with Crippen molar-refractivity contribution in [2.75, 3.05) is 26.1 Å². The van der Waals surface area contributed by atoms with E-state index >= 15 is 0 Å². The van der Waals surface area contributed by atoms with Gasteiger partial charge in [0.15, 0.2) is 18.1 Å². The molecule has 1 aliphatic rings. The van der Waals surface area contributed by atoms with Crippen LogP contribution in [0.1, 0.15) is 17.9 Å². The highest BCUT2D eigenvalue weighted by molar-refractivity contribution is 7.99. The van der Waals surface area contributed by atoms with Crippen molar-refractivity contribution in [2.45, 2.75) is 18.3 Å². The highest BCUT2D eigenvalue weighted by atomic mass is 32.2. The minimum atomic E-state index is -0.860. The molecular formula is C15H19NO6S. The SMILES string of the molecule is CCOC(=O)COc1ccc([C@H]2N[C@@H](C(=O)O)CS2)cc1OC. The van der Waals surface area contributed by atoms with Crippen LogP contribution in [0.3, 0.4) is 0 Å². The number of hydrogen-bond donors (Lipinski definition) is 2. The molecule has 0 unspecified atom stereocenters. The Hall–Kier alpha value is -1.93. The second kappa shape index (κ2) is 8.07. The molecule has 1 fully saturated rings. The minimum Gasteiger partial charge on any atom is -0.493 e. The smallest absolute Gasteiger partial charge is 0.344 e. The summed E-state index contributed by atoms with van der Waals surface area (Å²) >= 11 is 1.52. The van der Waals surface area contributed by atoms with Crippen LogP contribution in [0.25, 0.3) is 0 Å². The van der Waals surface area contributed by atoms with Crippen LogP contribution >= 0.6 is 11.8 Å². The second-order valence-corrected chi connectivity index (χ2v) is 5.91. The van der Waals surface area contributed by atoms with Gasteiger partial charge in [0.05, 0.1) is 19.1 Å². The van der Waals surface area contributed by atoms with Gasteiger partial charge in [0.2, 0.25) is 0 Å². The Morgan fingerprint density at radius 1 is 1.39 bits per heavy atom. The second-order valence-electron chi connectivity index (χ2n) is 4.77. The van der Waals surface area contributed by atoms with Gasteiger partial charge < -0.3 is 19.3 Å². The molecule has 7 nitrogen and oxygen atoms in total. The van der Waals surface area contributed by atoms with Crippen molar-refractivity contribution < 1.29 is 28.9 Å². The fourth-order valence-electron chi connectivity index (χ4n) is 2.11. The van der Waals surface area contributed by atoms with Crippen LogP contribution in [0.15, 0.2) is 18.2 Å². The van der Waals surface area contributed by atoms with Crippen LogP contribution in [-0.2, 0) is 14.3 Å². The highest BCUT2D eigenvalue weighted by Gasteiger charge is 2.30. The number of nitrogens with one attached hydrogen (secondary N) is 1. The molecule has 8 heteroatoms. The zero-order chi connectivity index (χ0) is 16.8. The van der Waals surface area contributed by atoms with Crippen molar-refractivity contribution in [3.63, 3.8) is 0 Å². The summed E-state index contributed by atoms with van der Waals surface area (Å²) in [5, 5.41) is 11.9. The molecule has 1 aromatic rings. The molecule has 23 heavy (non-hydrogen) atoms. The standard InChI is InChI=1S/C15H19NO6S/c1-3-21-13(17)7-22-11-5-4-9(6-12(11)20-2)14-16-10(8-23-14)15(18)19/h4-6,10,14,16H,3,7-8H2,1-2H3,(H,18,19)/t10-,14+/m1/s1. The quantitative estimate of drug-likeness (QED) is 0.719. The van der Waals surface area contributed by atoms with Crippen molar-refractivity contribution >= 4 is 23.7 Å². The van der Waals surface area contributed by atoms with E-state index in [1.807, 2.05) is 6.07 Å². The number of aliphatic carboxylic acids is 1. The van der Waals surface area contributed by atoms with Crippen molar-refractivity contribution in [3.05, 3.63) is 23.8 Å². The topological polar surface area (TPSA) is 94.1 Å². The Bertz CT molecular complexity index is 579. The number of methoxy groups -OCH3 is 1. The molecule has 1 heterocycles. The Morgan fingerprint density at radius 2 is 2.17 bits per heavy atom. The summed E-state index contributed by atoms with van der Waals surface area (Å²) in [6, 6.07) is 4.73. The zero-order valence-electron chi connectivity index (χ0n) is 12.9. The largest absolute Gasteiger partial charge is 0.493 e. The van der Waals surface area contributed by atoms with Gasteiger partial charge in [-0.2, -0.15) is 0 Å². The number of benzene rings is 1. The highest BCUT2D eigenvalue weighted by Crippen LogP contribution is 2.37. The van der Waals surface area contributed by atoms with Gasteiger partial charge in [-0.1, -0.05) is 6.07 Å². The number of esters is 1. The first-order valence-corrected chi connectivity index (χ1v) is 8.16. The molecule has 0 radical (unpaired) electrons. The summed E-state index contributed by atoms with van der Waals surface area (Å²) in [4.78, 5) is 22.3. The van der Waals surface area contributed by atoms with Gasteiger partial charge in [0.1, 0.15) is 6.04 Å². The van der Waals surface area contributed by atoms with E-state index in [9.17, 15) is 9.59 Å². The minimum absolute atomic E-state index is 0.121. The Morgan fingerprint density at radius 3 is 2.78 bits per heavy atom. The summed E-state index contributed by atoms with van der Waals surface area (Å²) in [5.74, 6) is 0.107. The van der Waals surface area contributed by atoms with Crippen molar-refractivity contribution in [1.82, 2.24) is 5.32 Å². The first-order valence-electron chi connectivity index (χ1n) is 7.12. The van der Waals surface area contributed by atoms with Gasteiger partial charge in [-0.25, -0.2) is 4.79 Å². The average Bonchev–Trinajstić information content (AvgIpc) is 3.03. The number of rotatable bonds is 7. The lowest BCUT2D eigenvalue weighted by Gasteiger charge is -2.15. The number of ether oxygens (including phenoxy) is 3. The summed E-state index contributed by atoms with van der Waals surface area (Å²) in [7, 11) is 1.51. The van der Waals surface area contributed by atoms with Gasteiger partial charge >= 0.3 is 11.9 Å². The van der Waals surface area contributed by atoms with Gasteiger partial charge in [0, 0.05) is 5.75 Å². The number of carbonyl (C=O) groups excluding carboxylic acids is 1. The molecule has 0 amide bonds. The monoisotopic (exact) mass is 341 g/mol. The van der Waals surface area contributed by atoms with Crippen molar-refractivity contribution in [2.24, 2.45) is 0 Å². The van der Waals surface area contributed by atoms with E-state index in [0.717, 1.165) is 5.56 Å². The average molecular weight is 341 g/mol. The molecule has 126 valence electrons. The van der Waals surface area contributed by atoms with Crippen LogP contribution in [0, 0.1) is 0 Å². The van der Waals surface area contributed by atoms with E-state index in [1.54, 1.807) is 19.1 Å². The Balaban J connectivity index is 2.04. The lowest BCUT2D eigenvalue weighted by molar-refractivity contribution is -0.145. The van der Waals surface area contributed by atoms with E-state index in [2.05, 4.69) is 5.32 Å². The molecule has 1 aromatic carbocycles. The molecule has 2 atom stereocenters. The van der Waals surface area contributed by atoms with Crippen molar-refractivity contribution in [3.8, 4) is 11.5 Å². The van der Waals surface area contributed by atoms with Crippen LogP contribution in [0.2, 0.25) is 0 Å². The molecule has 1 saturated heterocycles. The van der Waals surface area contributed by atoms with Crippen LogP contribution in [0.5, 0.6) is 11.5 Å². The summed E-state index contributed by atoms with van der Waals surface area (Å²) in [6.45, 7) is 1.83. The van der Waals surface area contributed by atoms with Crippen molar-refractivity contribution in [1.29, 1.82) is 0 Å². The normalized spacial score (nSPS) is 20.1. The number of hydrogen-bond acceptors (Lipinski definition) is 7. The summed E-state index contributed by atoms with van der Waals surface area (Å²) < 4.78 is 15.5. The maximum absolute atomic E-state index is 11.3. The van der Waals surface area contributed by atoms with E-state index < -0.39 is 18.0 Å². The van der Waals surface area contributed by atoms with E-state index in [1.165, 1.54) is 18.9 Å². The van der Waals surface area contributed by atoms with Gasteiger partial charge in [-0.15, -0.1) is 11.8 Å². The first-order chi connectivity index (χ1) is 11.0. The molecular weight excluding hydrogens is 322 g/mol. The van der Waals surface area contributed by atoms with Gasteiger partial charge in [0.25, 0.3) is 0 Å². The lowest BCUT2D eigenvalue weighted by atomic mass is 10.2. The molecule has 0 bridgehead atoms. The summed E-state index contributed by atoms with van der Waals surface area (Å²) in [6.07, 6.45) is 0. The van der Waals surface area contributed by atoms with E-state index in [0.29, 0.717) is 23.9 Å². The maximum Gasteiger partial charge on any atom is 0.344 e. The third-order valence-electron chi connectivity index (χ3n) is 3.22. The third kappa shape index (κ3) is 4.52. The zero-order valence-corrected chi connectivity index (χ0v) is 13.7. The predicted molar refractivity (Wildman–Crippen MR) is 84.9 cm³/mol. The maximum atomic E-state index is 11.3. The van der Waals surface area contributed by atoms with Gasteiger partial charge in [-0.05, 0) is 24.6 Å². The van der Waals surface area contributed by atoms with Gasteiger partial charge in [-0.3, -0.25) is 10.1 Å². The number of carbonyl (C=O) groups is 2. The first kappa shape index (κ1) is 17.4. The molecule has 1 aliphatic heterocycles. The van der Waals surface area contributed by atoms with E-state index in [4.69, 9.17) is 19.3 Å². The Kier molecular flexibility index (Phi) is 6.12. The number of thioether (sulfide) groups is 1. The predicted octanol–water partition coefficient (Wildman–Crippen LogP) is 1.43. The summed E-state index contributed by atoms with van der Waals surface area (Å²) in [5.41, 5.74) is 0.888. The molecule has 2 N–H and O–H groups in total. The van der Waals surface area contributed by atoms with Crippen LogP contribution < -0.4 is 14.8 Å². The van der Waals surface area contributed by atoms with Crippen LogP contribution in [0.4, 0.5) is 0 Å². The molecule has 0 aliphatic carbocycles. The fourth-order valence-corrected chi connectivity index (χ4v) is 3.34.